The summed E-state index contributed by atoms with van der Waals surface area (Å²) in [6, 6.07) is 9.76. The zero-order chi connectivity index (χ0) is 16.0. The molecule has 7 heteroatoms. The number of fused-ring (bicyclic) bond motifs is 1. The number of hydrogen-bond donors (Lipinski definition) is 0. The Labute approximate surface area is 141 Å². The van der Waals surface area contributed by atoms with E-state index in [-0.39, 0.29) is 18.5 Å². The van der Waals surface area contributed by atoms with Crippen molar-refractivity contribution in [1.29, 1.82) is 0 Å². The Morgan fingerprint density at radius 1 is 1.22 bits per heavy atom. The fourth-order valence-electron chi connectivity index (χ4n) is 2.70. The van der Waals surface area contributed by atoms with Crippen LogP contribution in [-0.2, 0) is 4.79 Å². The number of benzene rings is 2. The molecule has 4 rings (SSSR count). The van der Waals surface area contributed by atoms with Crippen molar-refractivity contribution in [3.63, 3.8) is 0 Å². The molecule has 2 aliphatic heterocycles. The zero-order valence-corrected chi connectivity index (χ0v) is 13.4. The van der Waals surface area contributed by atoms with E-state index in [0.717, 1.165) is 0 Å². The second-order valence-corrected chi connectivity index (χ2v) is 6.58. The van der Waals surface area contributed by atoms with Gasteiger partial charge in [0.1, 0.15) is 11.2 Å². The molecule has 1 fully saturated rings. The van der Waals surface area contributed by atoms with Gasteiger partial charge in [0.25, 0.3) is 0 Å². The van der Waals surface area contributed by atoms with E-state index in [1.165, 1.54) is 17.8 Å². The van der Waals surface area contributed by atoms with Crippen molar-refractivity contribution < 1.29 is 18.7 Å². The van der Waals surface area contributed by atoms with Gasteiger partial charge in [0.05, 0.1) is 5.75 Å². The lowest BCUT2D eigenvalue weighted by Crippen LogP contribution is -2.28. The first kappa shape index (κ1) is 14.7. The SMILES string of the molecule is O=C1CSC(c2c(F)cccc2Cl)N1c1ccc2c(c1)OCO2. The van der Waals surface area contributed by atoms with Crippen LogP contribution in [0.25, 0.3) is 0 Å². The van der Waals surface area contributed by atoms with E-state index in [9.17, 15) is 9.18 Å². The van der Waals surface area contributed by atoms with Gasteiger partial charge < -0.3 is 9.47 Å². The summed E-state index contributed by atoms with van der Waals surface area (Å²) in [7, 11) is 0. The maximum Gasteiger partial charge on any atom is 0.238 e. The fourth-order valence-corrected chi connectivity index (χ4v) is 4.26. The number of rotatable bonds is 2. The topological polar surface area (TPSA) is 38.8 Å². The van der Waals surface area contributed by atoms with Crippen LogP contribution >= 0.6 is 23.4 Å². The van der Waals surface area contributed by atoms with Gasteiger partial charge in [-0.1, -0.05) is 17.7 Å². The van der Waals surface area contributed by atoms with E-state index in [1.54, 1.807) is 35.2 Å². The number of carbonyl (C=O) groups is 1. The normalized spacial score (nSPS) is 19.5. The van der Waals surface area contributed by atoms with Crippen molar-refractivity contribution in [1.82, 2.24) is 0 Å². The minimum absolute atomic E-state index is 0.0989. The van der Waals surface area contributed by atoms with Crippen molar-refractivity contribution in [3.05, 3.63) is 52.8 Å². The number of ether oxygens (including phenoxy) is 2. The summed E-state index contributed by atoms with van der Waals surface area (Å²) in [4.78, 5) is 13.9. The van der Waals surface area contributed by atoms with Gasteiger partial charge in [0.15, 0.2) is 11.5 Å². The maximum absolute atomic E-state index is 14.3. The van der Waals surface area contributed by atoms with Gasteiger partial charge in [0.2, 0.25) is 12.7 Å². The number of carbonyl (C=O) groups excluding carboxylic acids is 1. The maximum atomic E-state index is 14.3. The Morgan fingerprint density at radius 2 is 2.04 bits per heavy atom. The summed E-state index contributed by atoms with van der Waals surface area (Å²) in [5, 5.41) is -0.195. The first-order chi connectivity index (χ1) is 11.1. The van der Waals surface area contributed by atoms with Crippen molar-refractivity contribution in [3.8, 4) is 11.5 Å². The van der Waals surface area contributed by atoms with Crippen LogP contribution in [0.1, 0.15) is 10.9 Å². The van der Waals surface area contributed by atoms with Crippen LogP contribution in [0.15, 0.2) is 36.4 Å². The van der Waals surface area contributed by atoms with Gasteiger partial charge in [-0.25, -0.2) is 4.39 Å². The lowest BCUT2D eigenvalue weighted by atomic mass is 10.1. The molecule has 2 aliphatic rings. The molecule has 1 saturated heterocycles. The molecule has 0 aromatic heterocycles. The number of anilines is 1. The number of nitrogens with zero attached hydrogens (tertiary/aromatic N) is 1. The molecule has 2 aromatic rings. The second-order valence-electron chi connectivity index (χ2n) is 5.10. The fraction of sp³-hybridized carbons (Fsp3) is 0.188. The quantitative estimate of drug-likeness (QED) is 0.820. The van der Waals surface area contributed by atoms with Crippen LogP contribution in [0.3, 0.4) is 0 Å². The summed E-state index contributed by atoms with van der Waals surface area (Å²) < 4.78 is 24.9. The zero-order valence-electron chi connectivity index (χ0n) is 11.8. The first-order valence-corrected chi connectivity index (χ1v) is 8.35. The minimum atomic E-state index is -0.503. The van der Waals surface area contributed by atoms with Crippen LogP contribution in [0, 0.1) is 5.82 Å². The smallest absolute Gasteiger partial charge is 0.238 e. The first-order valence-electron chi connectivity index (χ1n) is 6.92. The molecule has 0 radical (unpaired) electrons. The largest absolute Gasteiger partial charge is 0.454 e. The summed E-state index contributed by atoms with van der Waals surface area (Å²) >= 11 is 7.52. The molecular weight excluding hydrogens is 341 g/mol. The Morgan fingerprint density at radius 3 is 2.87 bits per heavy atom. The summed E-state index contributed by atoms with van der Waals surface area (Å²) in [5.74, 6) is 0.955. The minimum Gasteiger partial charge on any atom is -0.454 e. The van der Waals surface area contributed by atoms with Crippen LogP contribution < -0.4 is 14.4 Å². The van der Waals surface area contributed by atoms with E-state index in [4.69, 9.17) is 21.1 Å². The van der Waals surface area contributed by atoms with E-state index >= 15 is 0 Å². The van der Waals surface area contributed by atoms with Gasteiger partial charge in [-0.15, -0.1) is 11.8 Å². The lowest BCUT2D eigenvalue weighted by Gasteiger charge is -2.25. The van der Waals surface area contributed by atoms with Gasteiger partial charge in [0, 0.05) is 22.3 Å². The average molecular weight is 352 g/mol. The lowest BCUT2D eigenvalue weighted by molar-refractivity contribution is -0.115. The predicted molar refractivity (Wildman–Crippen MR) is 86.7 cm³/mol. The van der Waals surface area contributed by atoms with Crippen molar-refractivity contribution >= 4 is 35.0 Å². The highest BCUT2D eigenvalue weighted by molar-refractivity contribution is 8.00. The second kappa shape index (κ2) is 5.62. The molecule has 2 aromatic carbocycles. The van der Waals surface area contributed by atoms with Gasteiger partial charge in [-0.05, 0) is 24.3 Å². The number of hydrogen-bond acceptors (Lipinski definition) is 4. The molecular formula is C16H11ClFNO3S. The molecule has 1 unspecified atom stereocenters. The van der Waals surface area contributed by atoms with Gasteiger partial charge >= 0.3 is 0 Å². The third-order valence-corrected chi connectivity index (χ3v) is 5.25. The predicted octanol–water partition coefficient (Wildman–Crippen LogP) is 3.99. The van der Waals surface area contributed by atoms with Crippen LogP contribution in [-0.4, -0.2) is 18.5 Å². The van der Waals surface area contributed by atoms with Crippen LogP contribution in [0.5, 0.6) is 11.5 Å². The molecule has 4 nitrogen and oxygen atoms in total. The molecule has 0 aliphatic carbocycles. The van der Waals surface area contributed by atoms with Gasteiger partial charge in [-0.2, -0.15) is 0 Å². The van der Waals surface area contributed by atoms with E-state index in [1.807, 2.05) is 0 Å². The van der Waals surface area contributed by atoms with Gasteiger partial charge in [-0.3, -0.25) is 9.69 Å². The van der Waals surface area contributed by atoms with E-state index in [2.05, 4.69) is 0 Å². The molecule has 1 amide bonds. The molecule has 118 valence electrons. The van der Waals surface area contributed by atoms with Crippen molar-refractivity contribution in [2.75, 3.05) is 17.4 Å². The summed E-state index contributed by atoms with van der Waals surface area (Å²) in [6.45, 7) is 0.157. The Bertz CT molecular complexity index is 781. The standard InChI is InChI=1S/C16H11ClFNO3S/c17-10-2-1-3-11(18)15(10)16-19(14(20)7-23-16)9-4-5-12-13(6-9)22-8-21-12/h1-6,16H,7-8H2. The molecule has 0 bridgehead atoms. The highest BCUT2D eigenvalue weighted by atomic mass is 35.5. The Balaban J connectivity index is 1.78. The number of amides is 1. The van der Waals surface area contributed by atoms with Crippen LogP contribution in [0.4, 0.5) is 10.1 Å². The number of thioether (sulfide) groups is 1. The average Bonchev–Trinajstić information content (AvgIpc) is 3.13. The summed E-state index contributed by atoms with van der Waals surface area (Å²) in [6.07, 6.45) is 0. The van der Waals surface area contributed by atoms with E-state index < -0.39 is 11.2 Å². The molecule has 1 atom stereocenters. The van der Waals surface area contributed by atoms with Crippen molar-refractivity contribution in [2.24, 2.45) is 0 Å². The summed E-state index contributed by atoms with van der Waals surface area (Å²) in [5.41, 5.74) is 0.955. The Kier molecular flexibility index (Phi) is 3.58. The molecule has 23 heavy (non-hydrogen) atoms. The number of halogens is 2. The third kappa shape index (κ3) is 2.42. The molecule has 0 saturated carbocycles. The molecule has 0 spiro atoms. The highest BCUT2D eigenvalue weighted by Crippen LogP contribution is 2.46. The highest BCUT2D eigenvalue weighted by Gasteiger charge is 2.37. The monoisotopic (exact) mass is 351 g/mol. The van der Waals surface area contributed by atoms with E-state index in [0.29, 0.717) is 27.8 Å². The third-order valence-electron chi connectivity index (χ3n) is 3.75. The molecule has 0 N–H and O–H groups in total. The molecule has 2 heterocycles. The van der Waals surface area contributed by atoms with Crippen LogP contribution in [0.2, 0.25) is 5.02 Å². The van der Waals surface area contributed by atoms with Crippen molar-refractivity contribution in [2.45, 2.75) is 5.37 Å². The Hall–Kier alpha value is -1.92.